The van der Waals surface area contributed by atoms with Gasteiger partial charge in [-0.2, -0.15) is 0 Å². The molecule has 0 aliphatic carbocycles. The van der Waals surface area contributed by atoms with Crippen molar-refractivity contribution in [1.29, 1.82) is 0 Å². The molecule has 1 atom stereocenters. The Morgan fingerprint density at radius 2 is 1.93 bits per heavy atom. The van der Waals surface area contributed by atoms with Gasteiger partial charge in [-0.1, -0.05) is 13.8 Å². The van der Waals surface area contributed by atoms with Crippen molar-refractivity contribution in [3.8, 4) is 0 Å². The highest BCUT2D eigenvalue weighted by molar-refractivity contribution is 5.78. The molecule has 0 aromatic rings. The highest BCUT2D eigenvalue weighted by Crippen LogP contribution is 2.08. The van der Waals surface area contributed by atoms with E-state index in [0.29, 0.717) is 6.54 Å². The first-order valence-electron chi connectivity index (χ1n) is 5.66. The monoisotopic (exact) mass is 200 g/mol. The molecule has 0 saturated heterocycles. The summed E-state index contributed by atoms with van der Waals surface area (Å²) in [4.78, 5) is 11.6. The lowest BCUT2D eigenvalue weighted by Gasteiger charge is -2.17. The van der Waals surface area contributed by atoms with Crippen LogP contribution in [-0.4, -0.2) is 18.5 Å². The number of amides is 1. The first-order valence-corrected chi connectivity index (χ1v) is 5.66. The van der Waals surface area contributed by atoms with Crippen LogP contribution in [0.1, 0.15) is 46.5 Å². The van der Waals surface area contributed by atoms with Crippen LogP contribution < -0.4 is 11.1 Å². The van der Waals surface area contributed by atoms with Crippen LogP contribution >= 0.6 is 0 Å². The SMILES string of the molecule is CCC(CC)C(=O)NC(C)CCCN. The normalized spacial score (nSPS) is 12.9. The van der Waals surface area contributed by atoms with E-state index in [9.17, 15) is 4.79 Å². The maximum atomic E-state index is 11.6. The zero-order valence-corrected chi connectivity index (χ0v) is 9.68. The minimum absolute atomic E-state index is 0.176. The van der Waals surface area contributed by atoms with Gasteiger partial charge in [0.15, 0.2) is 0 Å². The minimum Gasteiger partial charge on any atom is -0.353 e. The first-order chi connectivity index (χ1) is 6.65. The van der Waals surface area contributed by atoms with Crippen molar-refractivity contribution < 1.29 is 4.79 Å². The molecule has 0 spiro atoms. The van der Waals surface area contributed by atoms with Crippen LogP contribution in [0.3, 0.4) is 0 Å². The molecule has 3 nitrogen and oxygen atoms in total. The van der Waals surface area contributed by atoms with Crippen LogP contribution in [0.5, 0.6) is 0 Å². The van der Waals surface area contributed by atoms with Crippen molar-refractivity contribution in [3.63, 3.8) is 0 Å². The maximum absolute atomic E-state index is 11.6. The third-order valence-corrected chi connectivity index (χ3v) is 2.59. The average Bonchev–Trinajstić information content (AvgIpc) is 2.16. The third-order valence-electron chi connectivity index (χ3n) is 2.59. The Kier molecular flexibility index (Phi) is 7.48. The summed E-state index contributed by atoms with van der Waals surface area (Å²) >= 11 is 0. The molecule has 1 unspecified atom stereocenters. The molecule has 0 aliphatic heterocycles. The Hall–Kier alpha value is -0.570. The lowest BCUT2D eigenvalue weighted by molar-refractivity contribution is -0.125. The van der Waals surface area contributed by atoms with Gasteiger partial charge < -0.3 is 11.1 Å². The van der Waals surface area contributed by atoms with E-state index in [1.54, 1.807) is 0 Å². The van der Waals surface area contributed by atoms with E-state index in [0.717, 1.165) is 25.7 Å². The van der Waals surface area contributed by atoms with Gasteiger partial charge >= 0.3 is 0 Å². The maximum Gasteiger partial charge on any atom is 0.223 e. The number of nitrogens with two attached hydrogens (primary N) is 1. The Morgan fingerprint density at radius 3 is 2.36 bits per heavy atom. The molecule has 1 amide bonds. The topological polar surface area (TPSA) is 55.1 Å². The summed E-state index contributed by atoms with van der Waals surface area (Å²) in [6, 6.07) is 0.256. The summed E-state index contributed by atoms with van der Waals surface area (Å²) in [5.41, 5.74) is 5.41. The summed E-state index contributed by atoms with van der Waals surface area (Å²) in [7, 11) is 0. The van der Waals surface area contributed by atoms with Gasteiger partial charge in [0.1, 0.15) is 0 Å². The zero-order valence-electron chi connectivity index (χ0n) is 9.68. The highest BCUT2D eigenvalue weighted by Gasteiger charge is 2.15. The second kappa shape index (κ2) is 7.80. The van der Waals surface area contributed by atoms with Gasteiger partial charge in [-0.15, -0.1) is 0 Å². The zero-order chi connectivity index (χ0) is 11.0. The summed E-state index contributed by atoms with van der Waals surface area (Å²) in [5, 5.41) is 3.02. The molecule has 0 rings (SSSR count). The van der Waals surface area contributed by atoms with E-state index >= 15 is 0 Å². The molecule has 14 heavy (non-hydrogen) atoms. The standard InChI is InChI=1S/C11H24N2O/c1-4-10(5-2)11(14)13-9(3)7-6-8-12/h9-10H,4-8,12H2,1-3H3,(H,13,14). The third kappa shape index (κ3) is 5.22. The fraction of sp³-hybridized carbons (Fsp3) is 0.909. The summed E-state index contributed by atoms with van der Waals surface area (Å²) in [5.74, 6) is 0.370. The van der Waals surface area contributed by atoms with E-state index in [1.807, 2.05) is 6.92 Å². The molecular weight excluding hydrogens is 176 g/mol. The number of carbonyl (C=O) groups is 1. The molecule has 0 saturated carbocycles. The molecule has 0 radical (unpaired) electrons. The molecule has 0 aromatic heterocycles. The lowest BCUT2D eigenvalue weighted by Crippen LogP contribution is -2.37. The second-order valence-corrected chi connectivity index (χ2v) is 3.85. The molecular formula is C11H24N2O. The summed E-state index contributed by atoms with van der Waals surface area (Å²) < 4.78 is 0. The number of rotatable bonds is 7. The van der Waals surface area contributed by atoms with E-state index in [2.05, 4.69) is 19.2 Å². The van der Waals surface area contributed by atoms with Crippen LogP contribution in [0.2, 0.25) is 0 Å². The molecule has 0 fully saturated rings. The van der Waals surface area contributed by atoms with Crippen LogP contribution in [0.15, 0.2) is 0 Å². The van der Waals surface area contributed by atoms with Gasteiger partial charge in [0.2, 0.25) is 5.91 Å². The van der Waals surface area contributed by atoms with E-state index in [-0.39, 0.29) is 17.9 Å². The van der Waals surface area contributed by atoms with Crippen LogP contribution in [0.25, 0.3) is 0 Å². The highest BCUT2D eigenvalue weighted by atomic mass is 16.1. The van der Waals surface area contributed by atoms with Crippen molar-refractivity contribution in [2.45, 2.75) is 52.5 Å². The second-order valence-electron chi connectivity index (χ2n) is 3.85. The van der Waals surface area contributed by atoms with Crippen molar-refractivity contribution in [2.75, 3.05) is 6.54 Å². The Bertz CT molecular complexity index is 155. The lowest BCUT2D eigenvalue weighted by atomic mass is 10.0. The van der Waals surface area contributed by atoms with Crippen LogP contribution in [0, 0.1) is 5.92 Å². The predicted octanol–water partition coefficient (Wildman–Crippen LogP) is 1.67. The minimum atomic E-state index is 0.176. The fourth-order valence-electron chi connectivity index (χ4n) is 1.52. The van der Waals surface area contributed by atoms with Gasteiger partial charge in [0, 0.05) is 12.0 Å². The molecule has 3 heteroatoms. The quantitative estimate of drug-likeness (QED) is 0.657. The average molecular weight is 200 g/mol. The van der Waals surface area contributed by atoms with Gasteiger partial charge in [0.25, 0.3) is 0 Å². The number of hydrogen-bond donors (Lipinski definition) is 2. The molecule has 0 bridgehead atoms. The van der Waals surface area contributed by atoms with Crippen LogP contribution in [0.4, 0.5) is 0 Å². The van der Waals surface area contributed by atoms with Crippen molar-refractivity contribution in [1.82, 2.24) is 5.32 Å². The Morgan fingerprint density at radius 1 is 1.36 bits per heavy atom. The molecule has 3 N–H and O–H groups in total. The Labute approximate surface area is 87.4 Å². The van der Waals surface area contributed by atoms with Crippen molar-refractivity contribution >= 4 is 5.91 Å². The van der Waals surface area contributed by atoms with E-state index in [4.69, 9.17) is 5.73 Å². The number of hydrogen-bond acceptors (Lipinski definition) is 2. The van der Waals surface area contributed by atoms with Crippen LogP contribution in [-0.2, 0) is 4.79 Å². The molecule has 0 aromatic carbocycles. The van der Waals surface area contributed by atoms with E-state index < -0.39 is 0 Å². The smallest absolute Gasteiger partial charge is 0.223 e. The summed E-state index contributed by atoms with van der Waals surface area (Å²) in [6.45, 7) is 6.84. The van der Waals surface area contributed by atoms with Gasteiger partial charge in [-0.3, -0.25) is 4.79 Å². The largest absolute Gasteiger partial charge is 0.353 e. The van der Waals surface area contributed by atoms with E-state index in [1.165, 1.54) is 0 Å². The molecule has 0 aliphatic rings. The van der Waals surface area contributed by atoms with Gasteiger partial charge in [-0.05, 0) is 39.2 Å². The molecule has 84 valence electrons. The number of carbonyl (C=O) groups excluding carboxylic acids is 1. The number of nitrogens with one attached hydrogen (secondary N) is 1. The van der Waals surface area contributed by atoms with Gasteiger partial charge in [-0.25, -0.2) is 0 Å². The Balaban J connectivity index is 3.79. The predicted molar refractivity (Wildman–Crippen MR) is 60.0 cm³/mol. The molecule has 0 heterocycles. The first kappa shape index (κ1) is 13.4. The fourth-order valence-corrected chi connectivity index (χ4v) is 1.52. The van der Waals surface area contributed by atoms with Gasteiger partial charge in [0.05, 0.1) is 0 Å². The van der Waals surface area contributed by atoms with Crippen molar-refractivity contribution in [3.05, 3.63) is 0 Å². The summed E-state index contributed by atoms with van der Waals surface area (Å²) in [6.07, 6.45) is 3.80. The van der Waals surface area contributed by atoms with Crippen molar-refractivity contribution in [2.24, 2.45) is 11.7 Å².